The van der Waals surface area contributed by atoms with Crippen molar-refractivity contribution >= 4 is 46.6 Å². The van der Waals surface area contributed by atoms with E-state index in [4.69, 9.17) is 5.26 Å². The molecule has 5 amide bonds. The van der Waals surface area contributed by atoms with Crippen LogP contribution in [0.5, 0.6) is 0 Å². The molecule has 0 bridgehead atoms. The second kappa shape index (κ2) is 14.0. The molecule has 17 heteroatoms. The fourth-order valence-corrected chi connectivity index (χ4v) is 8.97. The highest BCUT2D eigenvalue weighted by molar-refractivity contribution is 6.23. The van der Waals surface area contributed by atoms with E-state index >= 15 is 0 Å². The number of amides is 5. The fourth-order valence-electron chi connectivity index (χ4n) is 8.97. The van der Waals surface area contributed by atoms with Crippen LogP contribution in [0.2, 0.25) is 0 Å². The molecule has 8 rings (SSSR count). The summed E-state index contributed by atoms with van der Waals surface area (Å²) in [5, 5.41) is 18.3. The topological polar surface area (TPSA) is 164 Å². The monoisotopic (exact) mass is 785 g/mol. The van der Waals surface area contributed by atoms with Crippen LogP contribution in [0.4, 0.5) is 30.2 Å². The minimum atomic E-state index is -4.74. The third kappa shape index (κ3) is 6.89. The summed E-state index contributed by atoms with van der Waals surface area (Å²) in [7, 11) is 0. The van der Waals surface area contributed by atoms with Gasteiger partial charge in [-0.2, -0.15) is 23.5 Å². The summed E-state index contributed by atoms with van der Waals surface area (Å²) in [6.45, 7) is 8.24. The molecule has 298 valence electrons. The van der Waals surface area contributed by atoms with E-state index in [9.17, 15) is 37.1 Å². The summed E-state index contributed by atoms with van der Waals surface area (Å²) < 4.78 is 41.9. The van der Waals surface area contributed by atoms with Crippen LogP contribution in [0.1, 0.15) is 84.2 Å². The lowest BCUT2D eigenvalue weighted by Crippen LogP contribution is -2.59. The molecule has 3 aromatic rings. The van der Waals surface area contributed by atoms with E-state index in [0.717, 1.165) is 93.4 Å². The van der Waals surface area contributed by atoms with E-state index in [1.165, 1.54) is 16.8 Å². The molecule has 1 aliphatic carbocycles. The van der Waals surface area contributed by atoms with Crippen molar-refractivity contribution in [2.24, 2.45) is 5.41 Å². The van der Waals surface area contributed by atoms with Gasteiger partial charge in [-0.15, -0.1) is 0 Å². The molecule has 1 spiro atoms. The first-order valence-electron chi connectivity index (χ1n) is 19.1. The number of carbonyl (C=O) groups is 5. The van der Waals surface area contributed by atoms with Crippen LogP contribution in [-0.4, -0.2) is 100 Å². The molecule has 57 heavy (non-hydrogen) atoms. The Morgan fingerprint density at radius 2 is 1.60 bits per heavy atom. The Kier molecular flexibility index (Phi) is 9.37. The number of nitriles is 1. The third-order valence-corrected chi connectivity index (χ3v) is 12.5. The van der Waals surface area contributed by atoms with Crippen LogP contribution in [0.25, 0.3) is 0 Å². The number of imide groups is 2. The maximum absolute atomic E-state index is 13.5. The number of rotatable bonds is 7. The highest BCUT2D eigenvalue weighted by atomic mass is 19.4. The summed E-state index contributed by atoms with van der Waals surface area (Å²) >= 11 is 0. The van der Waals surface area contributed by atoms with Crippen molar-refractivity contribution in [2.45, 2.75) is 76.2 Å². The lowest BCUT2D eigenvalue weighted by Gasteiger charge is -2.56. The Balaban J connectivity index is 0.815. The van der Waals surface area contributed by atoms with Gasteiger partial charge in [-0.05, 0) is 87.8 Å². The van der Waals surface area contributed by atoms with E-state index < -0.39 is 58.4 Å². The maximum Gasteiger partial charge on any atom is 0.417 e. The lowest BCUT2D eigenvalue weighted by atomic mass is 9.60. The summed E-state index contributed by atoms with van der Waals surface area (Å²) in [4.78, 5) is 71.8. The normalized spacial score (nSPS) is 21.7. The molecular formula is C40H42F3N9O5. The zero-order valence-corrected chi connectivity index (χ0v) is 31.6. The van der Waals surface area contributed by atoms with Gasteiger partial charge in [-0.1, -0.05) is 0 Å². The number of fused-ring (bicyclic) bond motifs is 1. The Morgan fingerprint density at radius 3 is 2.26 bits per heavy atom. The van der Waals surface area contributed by atoms with Crippen molar-refractivity contribution in [3.05, 3.63) is 71.0 Å². The van der Waals surface area contributed by atoms with Gasteiger partial charge in [0.1, 0.15) is 11.6 Å². The van der Waals surface area contributed by atoms with E-state index in [2.05, 4.69) is 30.4 Å². The molecule has 4 fully saturated rings. The fraction of sp³-hybridized carbons (Fsp3) is 0.475. The van der Waals surface area contributed by atoms with Gasteiger partial charge in [0, 0.05) is 69.3 Å². The number of piperidine rings is 2. The Labute approximate surface area is 326 Å². The molecule has 1 unspecified atom stereocenters. The van der Waals surface area contributed by atoms with E-state index in [1.807, 2.05) is 6.07 Å². The van der Waals surface area contributed by atoms with Crippen molar-refractivity contribution in [1.82, 2.24) is 24.9 Å². The van der Waals surface area contributed by atoms with Crippen molar-refractivity contribution < 1.29 is 37.1 Å². The van der Waals surface area contributed by atoms with Crippen LogP contribution in [0, 0.1) is 16.7 Å². The number of hydrogen-bond acceptors (Lipinski definition) is 10. The number of hydrogen-bond donors (Lipinski definition) is 2. The van der Waals surface area contributed by atoms with Crippen LogP contribution < -0.4 is 20.4 Å². The number of anilines is 3. The van der Waals surface area contributed by atoms with Gasteiger partial charge in [0.15, 0.2) is 0 Å². The summed E-state index contributed by atoms with van der Waals surface area (Å²) in [5.74, 6) is -2.60. The third-order valence-electron chi connectivity index (χ3n) is 12.5. The zero-order valence-electron chi connectivity index (χ0n) is 31.6. The predicted octanol–water partition coefficient (Wildman–Crippen LogP) is 4.12. The van der Waals surface area contributed by atoms with Crippen molar-refractivity contribution in [3.8, 4) is 6.07 Å². The number of nitrogens with one attached hydrogen (secondary N) is 2. The van der Waals surface area contributed by atoms with Crippen LogP contribution in [-0.2, 0) is 26.1 Å². The Bertz CT molecular complexity index is 2200. The van der Waals surface area contributed by atoms with Crippen LogP contribution in [0.15, 0.2) is 48.8 Å². The average molecular weight is 786 g/mol. The van der Waals surface area contributed by atoms with Gasteiger partial charge in [-0.25, -0.2) is 0 Å². The number of benzene rings is 2. The largest absolute Gasteiger partial charge is 0.417 e. The first-order chi connectivity index (χ1) is 27.1. The van der Waals surface area contributed by atoms with Gasteiger partial charge in [0.25, 0.3) is 17.7 Å². The van der Waals surface area contributed by atoms with Gasteiger partial charge in [0.2, 0.25) is 11.8 Å². The van der Waals surface area contributed by atoms with Crippen molar-refractivity contribution in [1.29, 1.82) is 5.26 Å². The van der Waals surface area contributed by atoms with Gasteiger partial charge >= 0.3 is 6.18 Å². The first kappa shape index (κ1) is 38.1. The number of nitrogens with zero attached hydrogens (tertiary/aromatic N) is 7. The molecule has 14 nitrogen and oxygen atoms in total. The molecule has 2 N–H and O–H groups in total. The molecule has 5 heterocycles. The SMILES string of the molecule is CC(C)(C(=O)Nc1ccc(C#N)c(C(F)(F)F)c1)n1cc(N2CCN(C3CC4(CCN(c5ccc6c(c5)C(=O)N(C5CCC(=O)NC5=O)C6=O)CC4)C3)CC2)cn1. The molecular weight excluding hydrogens is 743 g/mol. The van der Waals surface area contributed by atoms with Gasteiger partial charge < -0.3 is 15.1 Å². The minimum Gasteiger partial charge on any atom is -0.371 e. The second-order valence-corrected chi connectivity index (χ2v) is 16.3. The van der Waals surface area contributed by atoms with Gasteiger partial charge in [0.05, 0.1) is 40.2 Å². The molecule has 1 aromatic heterocycles. The summed E-state index contributed by atoms with van der Waals surface area (Å²) in [6, 6.07) is 9.41. The predicted molar refractivity (Wildman–Crippen MR) is 200 cm³/mol. The van der Waals surface area contributed by atoms with E-state index in [0.29, 0.717) is 6.04 Å². The van der Waals surface area contributed by atoms with Gasteiger partial charge in [-0.3, -0.25) is 43.8 Å². The number of alkyl halides is 3. The van der Waals surface area contributed by atoms with Crippen LogP contribution in [0.3, 0.4) is 0 Å². The molecule has 1 saturated carbocycles. The number of halogens is 3. The average Bonchev–Trinajstić information content (AvgIpc) is 3.77. The summed E-state index contributed by atoms with van der Waals surface area (Å²) in [5.41, 5.74) is -0.363. The highest BCUT2D eigenvalue weighted by Gasteiger charge is 2.49. The molecule has 0 radical (unpaired) electrons. The molecule has 2 aromatic carbocycles. The Hall–Kier alpha value is -5.76. The highest BCUT2D eigenvalue weighted by Crippen LogP contribution is 2.51. The van der Waals surface area contributed by atoms with Crippen molar-refractivity contribution in [2.75, 3.05) is 54.4 Å². The summed E-state index contributed by atoms with van der Waals surface area (Å²) in [6.07, 6.45) is 3.20. The quantitative estimate of drug-likeness (QED) is 0.333. The Morgan fingerprint density at radius 1 is 0.912 bits per heavy atom. The molecule has 5 aliphatic rings. The standard InChI is InChI=1S/C40H42F3N9O5/c1-38(2,37(57)46-25-4-3-24(21-44)31(17-25)40(41,42)43)51-23-28(22-45-51)50-15-13-49(14-16-50)27-19-39(20-27)9-11-48(12-10-39)26-5-6-29-30(18-26)36(56)52(35(29)55)32-7-8-33(53)47-34(32)54/h3-6,17-18,22-23,27,32H,7-16,19-20H2,1-2H3,(H,46,57)(H,47,53,54). The number of aromatic nitrogens is 2. The first-order valence-corrected chi connectivity index (χ1v) is 19.1. The molecule has 4 aliphatic heterocycles. The minimum absolute atomic E-state index is 0.0664. The molecule has 1 atom stereocenters. The number of piperazine rings is 1. The van der Waals surface area contributed by atoms with Crippen LogP contribution >= 0.6 is 0 Å². The maximum atomic E-state index is 13.5. The molecule has 3 saturated heterocycles. The smallest absolute Gasteiger partial charge is 0.371 e. The van der Waals surface area contributed by atoms with Crippen molar-refractivity contribution in [3.63, 3.8) is 0 Å². The van der Waals surface area contributed by atoms with E-state index in [1.54, 1.807) is 38.4 Å². The lowest BCUT2D eigenvalue weighted by molar-refractivity contribution is -0.138. The second-order valence-electron chi connectivity index (χ2n) is 16.3. The zero-order chi connectivity index (χ0) is 40.4. The number of carbonyl (C=O) groups excluding carboxylic acids is 5. The van der Waals surface area contributed by atoms with E-state index in [-0.39, 0.29) is 35.1 Å².